The van der Waals surface area contributed by atoms with Crippen LogP contribution in [0, 0.1) is 6.92 Å². The number of rotatable bonds is 3. The standard InChI is InChI=1S/C25H18ClN3O/c1-16-6-8-18(9-7-16)24-15-22(20-14-19(26)11-12-23(20)30-24)28-29-25-13-10-17-4-2-3-5-21(17)27-25/h2-15H,1H3,(H,27,29)/b28-22+. The van der Waals surface area contributed by atoms with Gasteiger partial charge in [-0.3, -0.25) is 5.43 Å². The van der Waals surface area contributed by atoms with Crippen molar-refractivity contribution in [3.63, 3.8) is 0 Å². The van der Waals surface area contributed by atoms with Crippen LogP contribution in [0.25, 0.3) is 33.2 Å². The van der Waals surface area contributed by atoms with E-state index in [4.69, 9.17) is 16.0 Å². The molecule has 0 unspecified atom stereocenters. The molecule has 0 aliphatic carbocycles. The quantitative estimate of drug-likeness (QED) is 0.343. The minimum absolute atomic E-state index is 0.626. The van der Waals surface area contributed by atoms with Crippen molar-refractivity contribution in [2.24, 2.45) is 5.10 Å². The van der Waals surface area contributed by atoms with Gasteiger partial charge in [0.25, 0.3) is 0 Å². The second-order valence-corrected chi connectivity index (χ2v) is 7.55. The van der Waals surface area contributed by atoms with Crippen molar-refractivity contribution in [1.82, 2.24) is 4.98 Å². The van der Waals surface area contributed by atoms with E-state index in [0.717, 1.165) is 33.0 Å². The normalized spacial score (nSPS) is 11.9. The Morgan fingerprint density at radius 2 is 1.73 bits per heavy atom. The van der Waals surface area contributed by atoms with E-state index >= 15 is 0 Å². The maximum absolute atomic E-state index is 6.23. The SMILES string of the molecule is Cc1ccc(-c2c/c(=N\Nc3ccc4ccccc4n3)c3cc(Cl)ccc3o2)cc1. The van der Waals surface area contributed by atoms with Crippen LogP contribution < -0.4 is 10.8 Å². The van der Waals surface area contributed by atoms with Gasteiger partial charge in [0, 0.05) is 27.4 Å². The molecule has 146 valence electrons. The molecule has 5 heteroatoms. The molecule has 4 nitrogen and oxygen atoms in total. The summed E-state index contributed by atoms with van der Waals surface area (Å²) in [6, 6.07) is 27.6. The maximum Gasteiger partial charge on any atom is 0.146 e. The van der Waals surface area contributed by atoms with Crippen LogP contribution in [0.3, 0.4) is 0 Å². The van der Waals surface area contributed by atoms with Crippen LogP contribution in [0.4, 0.5) is 5.82 Å². The monoisotopic (exact) mass is 411 g/mol. The zero-order valence-corrected chi connectivity index (χ0v) is 17.0. The minimum atomic E-state index is 0.626. The molecule has 0 amide bonds. The van der Waals surface area contributed by atoms with Crippen molar-refractivity contribution in [2.75, 3.05) is 5.43 Å². The van der Waals surface area contributed by atoms with E-state index in [0.29, 0.717) is 16.4 Å². The third-order valence-electron chi connectivity index (χ3n) is 4.93. The number of aryl methyl sites for hydroxylation is 1. The zero-order chi connectivity index (χ0) is 20.5. The molecule has 0 radical (unpaired) electrons. The summed E-state index contributed by atoms with van der Waals surface area (Å²) in [5.74, 6) is 1.40. The Bertz CT molecular complexity index is 1440. The van der Waals surface area contributed by atoms with Crippen molar-refractivity contribution in [3.8, 4) is 11.3 Å². The predicted octanol–water partition coefficient (Wildman–Crippen LogP) is 6.54. The summed E-state index contributed by atoms with van der Waals surface area (Å²) in [5, 5.41) is 7.89. The second kappa shape index (κ2) is 7.65. The highest BCUT2D eigenvalue weighted by Gasteiger charge is 2.07. The molecule has 0 aliphatic rings. The maximum atomic E-state index is 6.23. The summed E-state index contributed by atoms with van der Waals surface area (Å²) in [5.41, 5.74) is 6.88. The fourth-order valence-corrected chi connectivity index (χ4v) is 3.51. The van der Waals surface area contributed by atoms with Crippen molar-refractivity contribution in [1.29, 1.82) is 0 Å². The van der Waals surface area contributed by atoms with Gasteiger partial charge in [0.2, 0.25) is 0 Å². The lowest BCUT2D eigenvalue weighted by atomic mass is 10.1. The molecule has 30 heavy (non-hydrogen) atoms. The molecule has 0 fully saturated rings. The summed E-state index contributed by atoms with van der Waals surface area (Å²) in [4.78, 5) is 4.62. The topological polar surface area (TPSA) is 50.4 Å². The minimum Gasteiger partial charge on any atom is -0.456 e. The molecule has 0 bridgehead atoms. The van der Waals surface area contributed by atoms with E-state index in [-0.39, 0.29) is 0 Å². The Hall–Kier alpha value is -3.63. The van der Waals surface area contributed by atoms with E-state index in [1.54, 1.807) is 0 Å². The average Bonchev–Trinajstić information content (AvgIpc) is 2.78. The summed E-state index contributed by atoms with van der Waals surface area (Å²) in [6.45, 7) is 2.06. The Morgan fingerprint density at radius 3 is 2.60 bits per heavy atom. The molecule has 5 aromatic rings. The number of hydrogen-bond acceptors (Lipinski definition) is 4. The Balaban J connectivity index is 1.63. The van der Waals surface area contributed by atoms with Crippen LogP contribution in [0.15, 0.2) is 94.4 Å². The number of halogens is 1. The number of benzene rings is 3. The lowest BCUT2D eigenvalue weighted by molar-refractivity contribution is 0.618. The van der Waals surface area contributed by atoms with Crippen LogP contribution in [0.5, 0.6) is 0 Å². The molecular weight excluding hydrogens is 394 g/mol. The predicted molar refractivity (Wildman–Crippen MR) is 122 cm³/mol. The van der Waals surface area contributed by atoms with Gasteiger partial charge in [0.15, 0.2) is 0 Å². The van der Waals surface area contributed by atoms with Gasteiger partial charge in [-0.25, -0.2) is 4.98 Å². The fourth-order valence-electron chi connectivity index (χ4n) is 3.34. The average molecular weight is 412 g/mol. The third-order valence-corrected chi connectivity index (χ3v) is 5.17. The molecule has 1 N–H and O–H groups in total. The molecule has 3 aromatic carbocycles. The van der Waals surface area contributed by atoms with Crippen molar-refractivity contribution < 1.29 is 4.42 Å². The number of fused-ring (bicyclic) bond motifs is 2. The molecule has 2 heterocycles. The third kappa shape index (κ3) is 3.65. The van der Waals surface area contributed by atoms with E-state index in [1.165, 1.54) is 5.56 Å². The second-order valence-electron chi connectivity index (χ2n) is 7.12. The van der Waals surface area contributed by atoms with E-state index in [2.05, 4.69) is 34.6 Å². The van der Waals surface area contributed by atoms with E-state index in [9.17, 15) is 0 Å². The molecule has 5 rings (SSSR count). The van der Waals surface area contributed by atoms with Crippen LogP contribution in [-0.2, 0) is 0 Å². The van der Waals surface area contributed by atoms with Crippen molar-refractivity contribution >= 4 is 39.3 Å². The molecule has 0 spiro atoms. The number of anilines is 1. The van der Waals surface area contributed by atoms with Gasteiger partial charge in [-0.05, 0) is 43.3 Å². The Labute approximate surface area is 178 Å². The number of aromatic nitrogens is 1. The highest BCUT2D eigenvalue weighted by atomic mass is 35.5. The Morgan fingerprint density at radius 1 is 0.900 bits per heavy atom. The van der Waals surface area contributed by atoms with E-state index in [1.807, 2.05) is 72.8 Å². The van der Waals surface area contributed by atoms with Crippen LogP contribution in [-0.4, -0.2) is 4.98 Å². The molecule has 0 atom stereocenters. The summed E-state index contributed by atoms with van der Waals surface area (Å²) >= 11 is 6.23. The first kappa shape index (κ1) is 18.4. The molecular formula is C25H18ClN3O. The van der Waals surface area contributed by atoms with Gasteiger partial charge in [-0.15, -0.1) is 0 Å². The lowest BCUT2D eigenvalue weighted by Crippen LogP contribution is -2.08. The first-order valence-corrected chi connectivity index (χ1v) is 9.99. The first-order chi connectivity index (χ1) is 14.7. The molecule has 0 saturated carbocycles. The van der Waals surface area contributed by atoms with Crippen LogP contribution in [0.1, 0.15) is 5.56 Å². The summed E-state index contributed by atoms with van der Waals surface area (Å²) in [6.07, 6.45) is 0. The van der Waals surface area contributed by atoms with Gasteiger partial charge in [0.05, 0.1) is 10.9 Å². The van der Waals surface area contributed by atoms with Gasteiger partial charge in [0.1, 0.15) is 17.2 Å². The number of hydrogen-bond donors (Lipinski definition) is 1. The molecule has 0 saturated heterocycles. The fraction of sp³-hybridized carbons (Fsp3) is 0.0400. The van der Waals surface area contributed by atoms with Gasteiger partial charge in [-0.1, -0.05) is 59.6 Å². The first-order valence-electron chi connectivity index (χ1n) is 9.62. The van der Waals surface area contributed by atoms with Crippen LogP contribution >= 0.6 is 11.6 Å². The van der Waals surface area contributed by atoms with Gasteiger partial charge >= 0.3 is 0 Å². The smallest absolute Gasteiger partial charge is 0.146 e. The summed E-state index contributed by atoms with van der Waals surface area (Å²) < 4.78 is 6.13. The van der Waals surface area contributed by atoms with E-state index < -0.39 is 0 Å². The van der Waals surface area contributed by atoms with Gasteiger partial charge in [-0.2, -0.15) is 5.10 Å². The highest BCUT2D eigenvalue weighted by Crippen LogP contribution is 2.24. The Kier molecular flexibility index (Phi) is 4.69. The zero-order valence-electron chi connectivity index (χ0n) is 16.3. The molecule has 0 aliphatic heterocycles. The van der Waals surface area contributed by atoms with Crippen LogP contribution in [0.2, 0.25) is 5.02 Å². The summed E-state index contributed by atoms with van der Waals surface area (Å²) in [7, 11) is 0. The highest BCUT2D eigenvalue weighted by molar-refractivity contribution is 6.31. The number of nitrogens with zero attached hydrogens (tertiary/aromatic N) is 2. The van der Waals surface area contributed by atoms with Crippen molar-refractivity contribution in [2.45, 2.75) is 6.92 Å². The number of pyridine rings is 1. The van der Waals surface area contributed by atoms with Gasteiger partial charge < -0.3 is 4.42 Å². The van der Waals surface area contributed by atoms with Crippen molar-refractivity contribution in [3.05, 3.63) is 101 Å². The lowest BCUT2D eigenvalue weighted by Gasteiger charge is -2.07. The number of para-hydroxylation sites is 1. The number of nitrogens with one attached hydrogen (secondary N) is 1. The molecule has 2 aromatic heterocycles. The largest absolute Gasteiger partial charge is 0.456 e.